The smallest absolute Gasteiger partial charge is 0.229 e. The lowest BCUT2D eigenvalue weighted by atomic mass is 10.0. The first-order chi connectivity index (χ1) is 17.7. The summed E-state index contributed by atoms with van der Waals surface area (Å²) in [4.78, 5) is 23.2. The van der Waals surface area contributed by atoms with Gasteiger partial charge in [-0.1, -0.05) is 23.7 Å². The number of amides is 1. The average Bonchev–Trinajstić information content (AvgIpc) is 3.03. The lowest BCUT2D eigenvalue weighted by Crippen LogP contribution is -2.29. The number of fused-ring (bicyclic) bond motifs is 1. The normalized spacial score (nSPS) is 13.8. The fourth-order valence-corrected chi connectivity index (χ4v) is 5.65. The molecular weight excluding hydrogens is 514 g/mol. The number of carbonyl (C=O) groups is 1. The van der Waals surface area contributed by atoms with Crippen molar-refractivity contribution in [2.24, 2.45) is 0 Å². The van der Waals surface area contributed by atoms with Crippen molar-refractivity contribution in [1.29, 1.82) is 0 Å². The highest BCUT2D eigenvalue weighted by Gasteiger charge is 2.26. The minimum atomic E-state index is -3.54. The van der Waals surface area contributed by atoms with E-state index in [1.54, 1.807) is 50.1 Å². The maximum Gasteiger partial charge on any atom is 0.229 e. The minimum Gasteiger partial charge on any atom is -0.494 e. The van der Waals surface area contributed by atoms with Crippen LogP contribution in [0.25, 0.3) is 0 Å². The molecule has 37 heavy (non-hydrogen) atoms. The van der Waals surface area contributed by atoms with Gasteiger partial charge < -0.3 is 20.3 Å². The van der Waals surface area contributed by atoms with Crippen LogP contribution in [0.5, 0.6) is 5.75 Å². The van der Waals surface area contributed by atoms with E-state index >= 15 is 0 Å². The number of aromatic nitrogens is 2. The Morgan fingerprint density at radius 1 is 1.11 bits per heavy atom. The van der Waals surface area contributed by atoms with Crippen molar-refractivity contribution in [3.63, 3.8) is 0 Å². The summed E-state index contributed by atoms with van der Waals surface area (Å²) in [6, 6.07) is 10.4. The van der Waals surface area contributed by atoms with E-state index in [1.807, 2.05) is 19.1 Å². The Hall–Kier alpha value is -3.37. The molecule has 3 aromatic rings. The summed E-state index contributed by atoms with van der Waals surface area (Å²) in [5.41, 5.74) is 2.80. The number of benzene rings is 2. The highest BCUT2D eigenvalue weighted by Crippen LogP contribution is 2.40. The van der Waals surface area contributed by atoms with Gasteiger partial charge in [0.2, 0.25) is 11.9 Å². The zero-order valence-corrected chi connectivity index (χ0v) is 22.8. The summed E-state index contributed by atoms with van der Waals surface area (Å²) in [6.45, 7) is 5.79. The molecule has 196 valence electrons. The number of rotatable bonds is 8. The predicted molar refractivity (Wildman–Crippen MR) is 146 cm³/mol. The van der Waals surface area contributed by atoms with E-state index in [1.165, 1.54) is 6.20 Å². The number of hydrogen-bond acceptors (Lipinski definition) is 8. The van der Waals surface area contributed by atoms with Gasteiger partial charge in [-0.3, -0.25) is 4.79 Å². The van der Waals surface area contributed by atoms with Crippen LogP contribution in [0, 0.1) is 0 Å². The van der Waals surface area contributed by atoms with Crippen LogP contribution in [-0.2, 0) is 21.1 Å². The van der Waals surface area contributed by atoms with E-state index in [9.17, 15) is 13.2 Å². The topological polar surface area (TPSA) is 114 Å². The molecule has 1 aromatic heterocycles. The Bertz CT molecular complexity index is 1430. The number of hydrogen-bond donors (Lipinski definition) is 2. The summed E-state index contributed by atoms with van der Waals surface area (Å²) in [5, 5.41) is 5.88. The predicted octanol–water partition coefficient (Wildman–Crippen LogP) is 5.50. The number of para-hydroxylation sites is 1. The molecule has 0 unspecified atom stereocenters. The third kappa shape index (κ3) is 5.35. The summed E-state index contributed by atoms with van der Waals surface area (Å²) < 4.78 is 31.5. The molecule has 1 amide bonds. The van der Waals surface area contributed by atoms with Gasteiger partial charge in [-0.25, -0.2) is 13.4 Å². The molecule has 1 aliphatic rings. The molecule has 0 atom stereocenters. The molecule has 1 aliphatic heterocycles. The van der Waals surface area contributed by atoms with E-state index in [-0.39, 0.29) is 27.6 Å². The number of nitrogens with one attached hydrogen (secondary N) is 2. The maximum atomic E-state index is 12.9. The molecule has 0 aliphatic carbocycles. The van der Waals surface area contributed by atoms with Gasteiger partial charge in [0.15, 0.2) is 15.7 Å². The molecule has 0 spiro atoms. The monoisotopic (exact) mass is 543 g/mol. The Labute approximate surface area is 222 Å². The Balaban J connectivity index is 1.68. The molecule has 0 saturated carbocycles. The van der Waals surface area contributed by atoms with E-state index in [4.69, 9.17) is 16.3 Å². The van der Waals surface area contributed by atoms with Gasteiger partial charge in [0, 0.05) is 18.5 Å². The Morgan fingerprint density at radius 2 is 1.86 bits per heavy atom. The summed E-state index contributed by atoms with van der Waals surface area (Å²) in [5.74, 6) is 1.21. The minimum absolute atomic E-state index is 0.0977. The fourth-order valence-electron chi connectivity index (χ4n) is 4.31. The highest BCUT2D eigenvalue weighted by atomic mass is 35.5. The maximum absolute atomic E-state index is 12.9. The molecular formula is C26H30ClN5O4S. The van der Waals surface area contributed by atoms with Crippen molar-refractivity contribution in [2.45, 2.75) is 50.2 Å². The number of anilines is 5. The van der Waals surface area contributed by atoms with Crippen molar-refractivity contribution in [3.05, 3.63) is 53.2 Å². The fraction of sp³-hybridized carbons (Fsp3) is 0.346. The second kappa shape index (κ2) is 10.9. The quantitative estimate of drug-likeness (QED) is 0.383. The number of halogens is 1. The molecule has 11 heteroatoms. The first kappa shape index (κ1) is 26.7. The van der Waals surface area contributed by atoms with E-state index < -0.39 is 15.1 Å². The molecule has 2 heterocycles. The summed E-state index contributed by atoms with van der Waals surface area (Å²) >= 11 is 6.37. The molecule has 0 saturated heterocycles. The summed E-state index contributed by atoms with van der Waals surface area (Å²) in [7, 11) is -1.95. The van der Waals surface area contributed by atoms with Crippen LogP contribution in [0.2, 0.25) is 5.02 Å². The van der Waals surface area contributed by atoms with Gasteiger partial charge in [-0.05, 0) is 57.9 Å². The third-order valence-electron chi connectivity index (χ3n) is 6.22. The van der Waals surface area contributed by atoms with Crippen LogP contribution >= 0.6 is 11.6 Å². The van der Waals surface area contributed by atoms with Gasteiger partial charge in [0.25, 0.3) is 0 Å². The first-order valence-electron chi connectivity index (χ1n) is 12.1. The largest absolute Gasteiger partial charge is 0.494 e. The van der Waals surface area contributed by atoms with E-state index in [2.05, 4.69) is 20.6 Å². The van der Waals surface area contributed by atoms with Gasteiger partial charge >= 0.3 is 0 Å². The molecule has 9 nitrogen and oxygen atoms in total. The van der Waals surface area contributed by atoms with Gasteiger partial charge in [-0.15, -0.1) is 0 Å². The number of nitrogens with zero attached hydrogens (tertiary/aromatic N) is 3. The molecule has 0 bridgehead atoms. The Kier molecular flexibility index (Phi) is 7.89. The molecule has 2 N–H and O–H groups in total. The second-order valence-corrected chi connectivity index (χ2v) is 11.7. The van der Waals surface area contributed by atoms with Crippen molar-refractivity contribution < 1.29 is 17.9 Å². The number of sulfone groups is 1. The van der Waals surface area contributed by atoms with Crippen LogP contribution in [0.1, 0.15) is 39.2 Å². The standard InChI is InChI=1S/C26H30ClN5O4S/c1-5-32-21-14-13-20(24(36-4)17(21)9-8-12-23(32)33)30-26-28-15-18(27)25(31-26)29-19-10-6-7-11-22(19)37(34,35)16(2)3/h6-7,10-11,13-16H,5,8-9,12H2,1-4H3,(H2,28,29,30,31). The zero-order chi connectivity index (χ0) is 26.7. The third-order valence-corrected chi connectivity index (χ3v) is 8.71. The van der Waals surface area contributed by atoms with Crippen LogP contribution in [0.4, 0.5) is 28.8 Å². The Morgan fingerprint density at radius 3 is 2.57 bits per heavy atom. The lowest BCUT2D eigenvalue weighted by molar-refractivity contribution is -0.118. The van der Waals surface area contributed by atoms with Crippen molar-refractivity contribution >= 4 is 56.2 Å². The second-order valence-electron chi connectivity index (χ2n) is 8.87. The van der Waals surface area contributed by atoms with Gasteiger partial charge in [-0.2, -0.15) is 4.98 Å². The first-order valence-corrected chi connectivity index (χ1v) is 14.0. The van der Waals surface area contributed by atoms with Crippen molar-refractivity contribution in [2.75, 3.05) is 29.2 Å². The molecule has 4 rings (SSSR count). The van der Waals surface area contributed by atoms with Crippen LogP contribution < -0.4 is 20.3 Å². The molecule has 0 radical (unpaired) electrons. The van der Waals surface area contributed by atoms with Gasteiger partial charge in [0.05, 0.1) is 40.5 Å². The number of methoxy groups -OCH3 is 1. The molecule has 0 fully saturated rings. The lowest BCUT2D eigenvalue weighted by Gasteiger charge is -2.24. The number of ether oxygens (including phenoxy) is 1. The summed E-state index contributed by atoms with van der Waals surface area (Å²) in [6.07, 6.45) is 3.35. The highest BCUT2D eigenvalue weighted by molar-refractivity contribution is 7.92. The van der Waals surface area contributed by atoms with Crippen molar-refractivity contribution in [1.82, 2.24) is 9.97 Å². The van der Waals surface area contributed by atoms with Crippen LogP contribution in [0.3, 0.4) is 0 Å². The van der Waals surface area contributed by atoms with Crippen molar-refractivity contribution in [3.8, 4) is 5.75 Å². The van der Waals surface area contributed by atoms with Gasteiger partial charge in [0.1, 0.15) is 10.8 Å². The zero-order valence-electron chi connectivity index (χ0n) is 21.2. The molecule has 2 aromatic carbocycles. The van der Waals surface area contributed by atoms with Crippen LogP contribution in [0.15, 0.2) is 47.5 Å². The van der Waals surface area contributed by atoms with E-state index in [0.29, 0.717) is 36.5 Å². The SMILES string of the molecule is CCN1C(=O)CCCc2c1ccc(Nc1ncc(Cl)c(Nc3ccccc3S(=O)(=O)C(C)C)n1)c2OC. The van der Waals surface area contributed by atoms with Crippen LogP contribution in [-0.4, -0.2) is 43.2 Å². The van der Waals surface area contributed by atoms with E-state index in [0.717, 1.165) is 17.7 Å². The average molecular weight is 544 g/mol. The number of carbonyl (C=O) groups excluding carboxylic acids is 1.